The Morgan fingerprint density at radius 2 is 2.00 bits per heavy atom. The molecule has 2 N–H and O–H groups in total. The molecule has 0 bridgehead atoms. The van der Waals surface area contributed by atoms with Crippen molar-refractivity contribution in [3.05, 3.63) is 54.2 Å². The Hall–Kier alpha value is -2.80. The molecule has 30 heavy (non-hydrogen) atoms. The van der Waals surface area contributed by atoms with Crippen molar-refractivity contribution in [3.63, 3.8) is 0 Å². The standard InChI is InChI=1S/C23H32N6O/c1-18-27-19-9-3-4-10-20(19)29(18)15-8-12-25-23(24-2)26-17-21(22-11-7-16-30-22)28-13-5-6-14-28/h3-4,7,9-11,16,21H,5-6,8,12-15,17H2,1-2H3,(H2,24,25,26). The van der Waals surface area contributed by atoms with Gasteiger partial charge in [0.15, 0.2) is 5.96 Å². The molecule has 1 aliphatic rings. The number of hydrogen-bond acceptors (Lipinski definition) is 4. The first-order chi connectivity index (χ1) is 14.8. The third kappa shape index (κ3) is 4.67. The summed E-state index contributed by atoms with van der Waals surface area (Å²) >= 11 is 0. The Kier molecular flexibility index (Phi) is 6.69. The minimum atomic E-state index is 0.237. The van der Waals surface area contributed by atoms with Crippen LogP contribution in [0.2, 0.25) is 0 Å². The maximum absolute atomic E-state index is 5.71. The van der Waals surface area contributed by atoms with Crippen LogP contribution in [-0.2, 0) is 6.54 Å². The van der Waals surface area contributed by atoms with Gasteiger partial charge in [0.2, 0.25) is 0 Å². The fraction of sp³-hybridized carbons (Fsp3) is 0.478. The number of rotatable bonds is 8. The molecule has 1 unspecified atom stereocenters. The van der Waals surface area contributed by atoms with Crippen molar-refractivity contribution in [2.24, 2.45) is 4.99 Å². The maximum atomic E-state index is 5.71. The second-order valence-electron chi connectivity index (χ2n) is 7.81. The Bertz CT molecular complexity index is 955. The molecule has 0 spiro atoms. The number of aliphatic imine (C=N–C) groups is 1. The third-order valence-corrected chi connectivity index (χ3v) is 5.84. The number of hydrogen-bond donors (Lipinski definition) is 2. The van der Waals surface area contributed by atoms with Gasteiger partial charge in [0.05, 0.1) is 23.3 Å². The summed E-state index contributed by atoms with van der Waals surface area (Å²) in [5.74, 6) is 2.91. The number of aryl methyl sites for hydroxylation is 2. The minimum absolute atomic E-state index is 0.237. The van der Waals surface area contributed by atoms with Gasteiger partial charge in [0.25, 0.3) is 0 Å². The van der Waals surface area contributed by atoms with Crippen molar-refractivity contribution in [1.82, 2.24) is 25.1 Å². The first kappa shape index (κ1) is 20.5. The van der Waals surface area contributed by atoms with Crippen LogP contribution in [0.4, 0.5) is 0 Å². The average Bonchev–Trinajstić information content (AvgIpc) is 3.52. The number of guanidine groups is 1. The molecule has 7 nitrogen and oxygen atoms in total. The lowest BCUT2D eigenvalue weighted by Gasteiger charge is -2.26. The summed E-state index contributed by atoms with van der Waals surface area (Å²) in [6.45, 7) is 6.87. The van der Waals surface area contributed by atoms with Gasteiger partial charge in [-0.05, 0) is 63.5 Å². The summed E-state index contributed by atoms with van der Waals surface area (Å²) in [5, 5.41) is 6.93. The van der Waals surface area contributed by atoms with Crippen LogP contribution >= 0.6 is 0 Å². The van der Waals surface area contributed by atoms with E-state index in [0.29, 0.717) is 0 Å². The zero-order valence-corrected chi connectivity index (χ0v) is 18.0. The molecule has 0 radical (unpaired) electrons. The molecule has 0 amide bonds. The molecule has 1 fully saturated rings. The molecule has 160 valence electrons. The van der Waals surface area contributed by atoms with E-state index in [-0.39, 0.29) is 6.04 Å². The Balaban J connectivity index is 1.28. The van der Waals surface area contributed by atoms with Crippen LogP contribution in [0.5, 0.6) is 0 Å². The predicted molar refractivity (Wildman–Crippen MR) is 121 cm³/mol. The molecule has 1 saturated heterocycles. The van der Waals surface area contributed by atoms with Crippen molar-refractivity contribution in [1.29, 1.82) is 0 Å². The third-order valence-electron chi connectivity index (χ3n) is 5.84. The highest BCUT2D eigenvalue weighted by Gasteiger charge is 2.25. The summed E-state index contributed by atoms with van der Waals surface area (Å²) in [5.41, 5.74) is 2.26. The topological polar surface area (TPSA) is 70.6 Å². The first-order valence-electron chi connectivity index (χ1n) is 10.9. The highest BCUT2D eigenvalue weighted by molar-refractivity contribution is 5.79. The van der Waals surface area contributed by atoms with Gasteiger partial charge in [-0.2, -0.15) is 0 Å². The number of aromatic nitrogens is 2. The van der Waals surface area contributed by atoms with Crippen molar-refractivity contribution >= 4 is 17.0 Å². The molecule has 7 heteroatoms. The zero-order chi connectivity index (χ0) is 20.8. The number of nitrogens with one attached hydrogen (secondary N) is 2. The van der Waals surface area contributed by atoms with Crippen LogP contribution in [0.25, 0.3) is 11.0 Å². The van der Waals surface area contributed by atoms with Gasteiger partial charge < -0.3 is 19.6 Å². The number of imidazole rings is 1. The smallest absolute Gasteiger partial charge is 0.191 e. The van der Waals surface area contributed by atoms with Gasteiger partial charge in [0.1, 0.15) is 11.6 Å². The largest absolute Gasteiger partial charge is 0.468 e. The Morgan fingerprint density at radius 1 is 1.17 bits per heavy atom. The molecule has 0 saturated carbocycles. The molecule has 1 atom stereocenters. The zero-order valence-electron chi connectivity index (χ0n) is 18.0. The lowest BCUT2D eigenvalue weighted by molar-refractivity contribution is 0.215. The number of likely N-dealkylation sites (tertiary alicyclic amines) is 1. The van der Waals surface area contributed by atoms with E-state index in [2.05, 4.69) is 61.3 Å². The summed E-state index contributed by atoms with van der Waals surface area (Å²) in [6, 6.07) is 12.6. The monoisotopic (exact) mass is 408 g/mol. The van der Waals surface area contributed by atoms with Crippen LogP contribution in [0, 0.1) is 6.92 Å². The van der Waals surface area contributed by atoms with Gasteiger partial charge in [0, 0.05) is 26.7 Å². The predicted octanol–water partition coefficient (Wildman–Crippen LogP) is 3.33. The van der Waals surface area contributed by atoms with E-state index >= 15 is 0 Å². The van der Waals surface area contributed by atoms with Crippen LogP contribution < -0.4 is 10.6 Å². The summed E-state index contributed by atoms with van der Waals surface area (Å²) in [4.78, 5) is 11.5. The number of benzene rings is 1. The molecule has 3 heterocycles. The fourth-order valence-electron chi connectivity index (χ4n) is 4.28. The number of nitrogens with zero attached hydrogens (tertiary/aromatic N) is 4. The van der Waals surface area contributed by atoms with Gasteiger partial charge in [-0.25, -0.2) is 4.98 Å². The van der Waals surface area contributed by atoms with Gasteiger partial charge in [-0.1, -0.05) is 12.1 Å². The first-order valence-corrected chi connectivity index (χ1v) is 10.9. The SMILES string of the molecule is CN=C(NCCCn1c(C)nc2ccccc21)NCC(c1ccco1)N1CCCC1. The second-order valence-corrected chi connectivity index (χ2v) is 7.81. The molecule has 3 aromatic rings. The molecule has 0 aliphatic carbocycles. The Labute approximate surface area is 178 Å². The molecule has 1 aromatic carbocycles. The summed E-state index contributed by atoms with van der Waals surface area (Å²) < 4.78 is 7.99. The lowest BCUT2D eigenvalue weighted by atomic mass is 10.2. The van der Waals surface area contributed by atoms with Gasteiger partial charge in [-0.3, -0.25) is 9.89 Å². The number of furan rings is 1. The van der Waals surface area contributed by atoms with Crippen LogP contribution in [0.1, 0.15) is 36.9 Å². The Morgan fingerprint density at radius 3 is 2.77 bits per heavy atom. The van der Waals surface area contributed by atoms with E-state index in [9.17, 15) is 0 Å². The molecular formula is C23H32N6O. The number of fused-ring (bicyclic) bond motifs is 1. The van der Waals surface area contributed by atoms with E-state index in [1.165, 1.54) is 18.4 Å². The van der Waals surface area contributed by atoms with E-state index < -0.39 is 0 Å². The fourth-order valence-corrected chi connectivity index (χ4v) is 4.28. The highest BCUT2D eigenvalue weighted by atomic mass is 16.3. The van der Waals surface area contributed by atoms with E-state index in [1.54, 1.807) is 6.26 Å². The highest BCUT2D eigenvalue weighted by Crippen LogP contribution is 2.24. The summed E-state index contributed by atoms with van der Waals surface area (Å²) in [6.07, 6.45) is 5.27. The van der Waals surface area contributed by atoms with Crippen LogP contribution in [-0.4, -0.2) is 53.6 Å². The lowest BCUT2D eigenvalue weighted by Crippen LogP contribution is -2.43. The molecule has 2 aromatic heterocycles. The van der Waals surface area contributed by atoms with Crippen LogP contribution in [0.3, 0.4) is 0 Å². The molecule has 4 rings (SSSR count). The minimum Gasteiger partial charge on any atom is -0.468 e. The van der Waals surface area contributed by atoms with Crippen molar-refractivity contribution in [2.75, 3.05) is 33.2 Å². The van der Waals surface area contributed by atoms with Crippen molar-refractivity contribution < 1.29 is 4.42 Å². The van der Waals surface area contributed by atoms with E-state index in [4.69, 9.17) is 4.42 Å². The number of para-hydroxylation sites is 2. The van der Waals surface area contributed by atoms with E-state index in [1.807, 2.05) is 19.2 Å². The second kappa shape index (κ2) is 9.80. The average molecular weight is 409 g/mol. The van der Waals surface area contributed by atoms with E-state index in [0.717, 1.165) is 62.2 Å². The molecule has 1 aliphatic heterocycles. The van der Waals surface area contributed by atoms with Gasteiger partial charge in [-0.15, -0.1) is 0 Å². The molecular weight excluding hydrogens is 376 g/mol. The normalized spacial score (nSPS) is 16.3. The quantitative estimate of drug-likeness (QED) is 0.340. The van der Waals surface area contributed by atoms with Crippen LogP contribution in [0.15, 0.2) is 52.1 Å². The summed E-state index contributed by atoms with van der Waals surface area (Å²) in [7, 11) is 1.82. The van der Waals surface area contributed by atoms with Crippen molar-refractivity contribution in [2.45, 2.75) is 38.8 Å². The maximum Gasteiger partial charge on any atom is 0.191 e. The van der Waals surface area contributed by atoms with Crippen molar-refractivity contribution in [3.8, 4) is 0 Å². The van der Waals surface area contributed by atoms with Gasteiger partial charge >= 0.3 is 0 Å².